The van der Waals surface area contributed by atoms with Gasteiger partial charge in [0.05, 0.1) is 11.1 Å². The van der Waals surface area contributed by atoms with Gasteiger partial charge in [0.25, 0.3) is 5.91 Å². The topological polar surface area (TPSA) is 52.3 Å². The number of alkyl halides is 6. The lowest BCUT2D eigenvalue weighted by Gasteiger charge is -2.18. The van der Waals surface area contributed by atoms with Gasteiger partial charge in [0.1, 0.15) is 5.75 Å². The summed E-state index contributed by atoms with van der Waals surface area (Å²) in [6.07, 6.45) is -11.3. The molecule has 0 radical (unpaired) electrons. The summed E-state index contributed by atoms with van der Waals surface area (Å²) in [6, 6.07) is 0.750. The molecule has 1 aromatic rings. The van der Waals surface area contributed by atoms with Crippen molar-refractivity contribution in [3.05, 3.63) is 29.3 Å². The molecule has 0 aliphatic rings. The fourth-order valence-corrected chi connectivity index (χ4v) is 1.50. The number of primary amides is 1. The van der Waals surface area contributed by atoms with Crippen molar-refractivity contribution in [3.8, 4) is 5.75 Å². The van der Waals surface area contributed by atoms with Crippen LogP contribution in [0.15, 0.2) is 18.2 Å². The van der Waals surface area contributed by atoms with Crippen LogP contribution in [0.2, 0.25) is 0 Å². The number of nitrogens with two attached hydrogens (primary N) is 1. The van der Waals surface area contributed by atoms with E-state index in [0.717, 1.165) is 0 Å². The summed E-state index contributed by atoms with van der Waals surface area (Å²) in [5, 5.41) is 0. The van der Waals surface area contributed by atoms with E-state index in [1.165, 1.54) is 6.92 Å². The molecule has 1 aromatic carbocycles. The number of hydrogen-bond acceptors (Lipinski definition) is 2. The Kier molecular flexibility index (Phi) is 4.75. The highest BCUT2D eigenvalue weighted by Gasteiger charge is 2.37. The number of carbonyl (C=O) groups is 1. The maximum absolute atomic E-state index is 12.6. The van der Waals surface area contributed by atoms with E-state index < -0.39 is 41.2 Å². The van der Waals surface area contributed by atoms with Gasteiger partial charge in [-0.25, -0.2) is 0 Å². The average Bonchev–Trinajstić information content (AvgIpc) is 2.33. The minimum Gasteiger partial charge on any atom is -0.481 e. The van der Waals surface area contributed by atoms with Gasteiger partial charge in [0.15, 0.2) is 6.10 Å². The van der Waals surface area contributed by atoms with E-state index >= 15 is 0 Å². The van der Waals surface area contributed by atoms with Crippen molar-refractivity contribution >= 4 is 5.91 Å². The molecule has 0 heterocycles. The monoisotopic (exact) mass is 315 g/mol. The number of benzene rings is 1. The molecule has 1 atom stereocenters. The predicted molar refractivity (Wildman–Crippen MR) is 60.3 cm³/mol. The molecule has 1 amide bonds. The average molecular weight is 315 g/mol. The number of amides is 1. The molecule has 0 aliphatic heterocycles. The molecule has 0 spiro atoms. The Hall–Kier alpha value is -1.93. The van der Waals surface area contributed by atoms with Crippen LogP contribution in [0.4, 0.5) is 26.3 Å². The quantitative estimate of drug-likeness (QED) is 0.866. The van der Waals surface area contributed by atoms with Gasteiger partial charge in [0.2, 0.25) is 0 Å². The zero-order valence-electron chi connectivity index (χ0n) is 10.7. The molecule has 21 heavy (non-hydrogen) atoms. The number of hydrogen-bond donors (Lipinski definition) is 1. The fourth-order valence-electron chi connectivity index (χ4n) is 1.50. The van der Waals surface area contributed by atoms with Gasteiger partial charge in [-0.2, -0.15) is 26.3 Å². The highest BCUT2D eigenvalue weighted by atomic mass is 19.4. The standard InChI is InChI=1S/C12H11F6NO2/c1-2-9(10(19)20)21-8-4-6(11(13,14)15)3-7(5-8)12(16,17)18/h3-5,9H,2H2,1H3,(H2,19,20). The second-order valence-corrected chi connectivity index (χ2v) is 4.16. The summed E-state index contributed by atoms with van der Waals surface area (Å²) < 4.78 is 80.4. The summed E-state index contributed by atoms with van der Waals surface area (Å²) in [5.74, 6) is -1.70. The highest BCUT2D eigenvalue weighted by molar-refractivity contribution is 5.79. The molecule has 9 heteroatoms. The van der Waals surface area contributed by atoms with Crippen LogP contribution < -0.4 is 10.5 Å². The second kappa shape index (κ2) is 5.82. The third-order valence-corrected chi connectivity index (χ3v) is 2.53. The first-order valence-corrected chi connectivity index (χ1v) is 5.70. The van der Waals surface area contributed by atoms with Gasteiger partial charge in [-0.15, -0.1) is 0 Å². The van der Waals surface area contributed by atoms with E-state index in [9.17, 15) is 31.1 Å². The Morgan fingerprint density at radius 2 is 1.52 bits per heavy atom. The van der Waals surface area contributed by atoms with Crippen molar-refractivity contribution in [1.82, 2.24) is 0 Å². The van der Waals surface area contributed by atoms with Crippen molar-refractivity contribution in [2.45, 2.75) is 31.8 Å². The summed E-state index contributed by atoms with van der Waals surface area (Å²) in [7, 11) is 0. The molecule has 1 rings (SSSR count). The maximum Gasteiger partial charge on any atom is 0.416 e. The number of ether oxygens (including phenoxy) is 1. The Bertz CT molecular complexity index is 491. The molecule has 0 aromatic heterocycles. The summed E-state index contributed by atoms with van der Waals surface area (Å²) >= 11 is 0. The molecular weight excluding hydrogens is 304 g/mol. The number of rotatable bonds is 4. The minimum absolute atomic E-state index is 0.00687. The Morgan fingerprint density at radius 3 is 1.81 bits per heavy atom. The van der Waals surface area contributed by atoms with Gasteiger partial charge >= 0.3 is 12.4 Å². The first-order valence-electron chi connectivity index (χ1n) is 5.70. The third kappa shape index (κ3) is 4.54. The van der Waals surface area contributed by atoms with Crippen molar-refractivity contribution in [3.63, 3.8) is 0 Å². The lowest BCUT2D eigenvalue weighted by molar-refractivity contribution is -0.143. The molecule has 1 unspecified atom stereocenters. The molecule has 0 fully saturated rings. The van der Waals surface area contributed by atoms with Crippen LogP contribution in [-0.2, 0) is 17.1 Å². The van der Waals surface area contributed by atoms with Crippen LogP contribution in [0, 0.1) is 0 Å². The van der Waals surface area contributed by atoms with Crippen LogP contribution in [-0.4, -0.2) is 12.0 Å². The van der Waals surface area contributed by atoms with Crippen molar-refractivity contribution in [2.75, 3.05) is 0 Å². The van der Waals surface area contributed by atoms with Crippen molar-refractivity contribution in [2.24, 2.45) is 5.73 Å². The van der Waals surface area contributed by atoms with Gasteiger partial charge in [-0.05, 0) is 24.6 Å². The molecule has 0 aliphatic carbocycles. The van der Waals surface area contributed by atoms with Crippen molar-refractivity contribution < 1.29 is 35.9 Å². The summed E-state index contributed by atoms with van der Waals surface area (Å²) in [4.78, 5) is 11.0. The van der Waals surface area contributed by atoms with Crippen LogP contribution in [0.3, 0.4) is 0 Å². The van der Waals surface area contributed by atoms with Crippen molar-refractivity contribution in [1.29, 1.82) is 0 Å². The van der Waals surface area contributed by atoms with E-state index in [1.54, 1.807) is 0 Å². The number of carbonyl (C=O) groups excluding carboxylic acids is 1. The largest absolute Gasteiger partial charge is 0.481 e. The van der Waals surface area contributed by atoms with E-state index in [2.05, 4.69) is 0 Å². The Morgan fingerprint density at radius 1 is 1.10 bits per heavy atom. The Balaban J connectivity index is 3.29. The SMILES string of the molecule is CCC(Oc1cc(C(F)(F)F)cc(C(F)(F)F)c1)C(N)=O. The van der Waals surface area contributed by atoms with E-state index in [-0.39, 0.29) is 12.5 Å². The molecule has 3 nitrogen and oxygen atoms in total. The third-order valence-electron chi connectivity index (χ3n) is 2.53. The smallest absolute Gasteiger partial charge is 0.416 e. The maximum atomic E-state index is 12.6. The molecule has 2 N–H and O–H groups in total. The van der Waals surface area contributed by atoms with E-state index in [1.807, 2.05) is 0 Å². The van der Waals surface area contributed by atoms with Gasteiger partial charge < -0.3 is 10.5 Å². The summed E-state index contributed by atoms with van der Waals surface area (Å²) in [5.41, 5.74) is 1.89. The predicted octanol–water partition coefficient (Wildman–Crippen LogP) is 3.37. The molecule has 118 valence electrons. The van der Waals surface area contributed by atoms with Crippen LogP contribution in [0.5, 0.6) is 5.75 Å². The number of halogens is 6. The normalized spacial score (nSPS) is 13.9. The Labute approximate surface area is 115 Å². The lowest BCUT2D eigenvalue weighted by atomic mass is 10.1. The van der Waals surface area contributed by atoms with E-state index in [0.29, 0.717) is 12.1 Å². The minimum atomic E-state index is -4.98. The summed E-state index contributed by atoms with van der Waals surface area (Å²) in [6.45, 7) is 1.45. The molecule has 0 bridgehead atoms. The second-order valence-electron chi connectivity index (χ2n) is 4.16. The van der Waals surface area contributed by atoms with Gasteiger partial charge in [-0.1, -0.05) is 6.92 Å². The first kappa shape index (κ1) is 17.1. The van der Waals surface area contributed by atoms with Crippen LogP contribution in [0.25, 0.3) is 0 Å². The lowest BCUT2D eigenvalue weighted by Crippen LogP contribution is -2.33. The zero-order chi connectivity index (χ0) is 16.4. The molecule has 0 saturated heterocycles. The molecule has 0 saturated carbocycles. The fraction of sp³-hybridized carbons (Fsp3) is 0.417. The van der Waals surface area contributed by atoms with Crippen LogP contribution in [0.1, 0.15) is 24.5 Å². The molecular formula is C12H11F6NO2. The van der Waals surface area contributed by atoms with Gasteiger partial charge in [0, 0.05) is 0 Å². The van der Waals surface area contributed by atoms with Gasteiger partial charge in [-0.3, -0.25) is 4.79 Å². The highest BCUT2D eigenvalue weighted by Crippen LogP contribution is 2.38. The zero-order valence-corrected chi connectivity index (χ0v) is 10.7. The van der Waals surface area contributed by atoms with Crippen LogP contribution >= 0.6 is 0 Å². The van der Waals surface area contributed by atoms with E-state index in [4.69, 9.17) is 10.5 Å². The first-order chi connectivity index (χ1) is 9.45.